The molecule has 0 bridgehead atoms. The van der Waals surface area contributed by atoms with Gasteiger partial charge >= 0.3 is 0 Å². The predicted octanol–water partition coefficient (Wildman–Crippen LogP) is 2.49. The van der Waals surface area contributed by atoms with Crippen molar-refractivity contribution in [2.24, 2.45) is 0 Å². The van der Waals surface area contributed by atoms with Crippen LogP contribution in [0.4, 0.5) is 4.39 Å². The molecule has 0 aliphatic rings. The highest BCUT2D eigenvalue weighted by molar-refractivity contribution is 5.36. The lowest BCUT2D eigenvalue weighted by molar-refractivity contribution is 0.627. The third kappa shape index (κ3) is 1.50. The minimum absolute atomic E-state index is 0.263. The zero-order chi connectivity index (χ0) is 9.97. The largest absolute Gasteiger partial charge is 0.323 e. The Labute approximate surface area is 80.8 Å². The Hall–Kier alpha value is -2.08. The molecule has 0 unspecified atom stereocenters. The molecule has 1 heterocycles. The lowest BCUT2D eigenvalue weighted by atomic mass is 10.3. The van der Waals surface area contributed by atoms with Crippen molar-refractivity contribution < 1.29 is 4.39 Å². The summed E-state index contributed by atoms with van der Waals surface area (Å²) in [6, 6.07) is 9.85. The molecule has 2 rings (SSSR count). The van der Waals surface area contributed by atoms with E-state index in [2.05, 4.69) is 0 Å². The molecular weight excluding hydrogens is 179 g/mol. The van der Waals surface area contributed by atoms with Gasteiger partial charge in [0.2, 0.25) is 0 Å². The van der Waals surface area contributed by atoms with E-state index in [4.69, 9.17) is 5.26 Å². The van der Waals surface area contributed by atoms with Gasteiger partial charge in [-0.1, -0.05) is 0 Å². The summed E-state index contributed by atoms with van der Waals surface area (Å²) in [5.41, 5.74) is 1.43. The van der Waals surface area contributed by atoms with Crippen LogP contribution < -0.4 is 0 Å². The maximum Gasteiger partial charge on any atom is 0.123 e. The van der Waals surface area contributed by atoms with Gasteiger partial charge in [0.15, 0.2) is 0 Å². The smallest absolute Gasteiger partial charge is 0.123 e. The Bertz CT molecular complexity index is 477. The summed E-state index contributed by atoms with van der Waals surface area (Å²) in [5, 5.41) is 8.62. The first kappa shape index (κ1) is 8.52. The van der Waals surface area contributed by atoms with E-state index in [1.165, 1.54) is 12.1 Å². The lowest BCUT2D eigenvalue weighted by Gasteiger charge is -2.00. The lowest BCUT2D eigenvalue weighted by Crippen LogP contribution is -1.88. The van der Waals surface area contributed by atoms with Crippen LogP contribution in [0.25, 0.3) is 5.69 Å². The Balaban J connectivity index is 2.40. The number of halogens is 1. The van der Waals surface area contributed by atoms with E-state index in [0.717, 1.165) is 5.69 Å². The van der Waals surface area contributed by atoms with Gasteiger partial charge in [0.25, 0.3) is 0 Å². The van der Waals surface area contributed by atoms with E-state index in [-0.39, 0.29) is 5.82 Å². The summed E-state index contributed by atoms with van der Waals surface area (Å²) in [4.78, 5) is 0. The molecule has 0 N–H and O–H groups in total. The first-order chi connectivity index (χ1) is 6.79. The molecule has 0 saturated heterocycles. The average Bonchev–Trinajstić information content (AvgIpc) is 2.67. The van der Waals surface area contributed by atoms with Gasteiger partial charge in [0, 0.05) is 18.1 Å². The Morgan fingerprint density at radius 1 is 1.14 bits per heavy atom. The average molecular weight is 186 g/mol. The molecule has 1 aromatic heterocycles. The van der Waals surface area contributed by atoms with Crippen LogP contribution in [0.1, 0.15) is 5.56 Å². The van der Waals surface area contributed by atoms with Crippen molar-refractivity contribution in [1.29, 1.82) is 5.26 Å². The second-order valence-electron chi connectivity index (χ2n) is 2.90. The van der Waals surface area contributed by atoms with Crippen molar-refractivity contribution in [1.82, 2.24) is 4.57 Å². The van der Waals surface area contributed by atoms with Crippen molar-refractivity contribution in [3.05, 3.63) is 54.1 Å². The number of aromatic nitrogens is 1. The molecule has 68 valence electrons. The van der Waals surface area contributed by atoms with Gasteiger partial charge in [0.05, 0.1) is 5.56 Å². The molecule has 0 amide bonds. The van der Waals surface area contributed by atoms with E-state index in [0.29, 0.717) is 5.56 Å². The molecule has 2 aromatic rings. The molecule has 0 aliphatic carbocycles. The first-order valence-electron chi connectivity index (χ1n) is 4.13. The minimum atomic E-state index is -0.263. The minimum Gasteiger partial charge on any atom is -0.323 e. The summed E-state index contributed by atoms with van der Waals surface area (Å²) < 4.78 is 14.4. The molecule has 3 heteroatoms. The third-order valence-corrected chi connectivity index (χ3v) is 1.95. The van der Waals surface area contributed by atoms with Gasteiger partial charge in [-0.2, -0.15) is 5.26 Å². The quantitative estimate of drug-likeness (QED) is 0.672. The Morgan fingerprint density at radius 3 is 2.43 bits per heavy atom. The summed E-state index contributed by atoms with van der Waals surface area (Å²) >= 11 is 0. The van der Waals surface area contributed by atoms with Crippen molar-refractivity contribution in [3.63, 3.8) is 0 Å². The fourth-order valence-corrected chi connectivity index (χ4v) is 1.24. The van der Waals surface area contributed by atoms with E-state index in [9.17, 15) is 4.39 Å². The molecule has 0 fully saturated rings. The summed E-state index contributed by atoms with van der Waals surface area (Å²) in [6.45, 7) is 0. The van der Waals surface area contributed by atoms with Gasteiger partial charge < -0.3 is 4.57 Å². The van der Waals surface area contributed by atoms with Crippen molar-refractivity contribution in [3.8, 4) is 11.8 Å². The molecule has 2 nitrogen and oxygen atoms in total. The van der Waals surface area contributed by atoms with Gasteiger partial charge in [-0.05, 0) is 30.3 Å². The molecule has 14 heavy (non-hydrogen) atoms. The number of nitriles is 1. The molecular formula is C11H7FN2. The number of rotatable bonds is 1. The fraction of sp³-hybridized carbons (Fsp3) is 0. The topological polar surface area (TPSA) is 28.7 Å². The number of nitrogens with zero attached hydrogens (tertiary/aromatic N) is 2. The molecule has 0 radical (unpaired) electrons. The third-order valence-electron chi connectivity index (χ3n) is 1.95. The predicted molar refractivity (Wildman–Crippen MR) is 50.4 cm³/mol. The van der Waals surface area contributed by atoms with Crippen LogP contribution in [0.5, 0.6) is 0 Å². The number of hydrogen-bond donors (Lipinski definition) is 0. The van der Waals surface area contributed by atoms with Crippen LogP contribution in [0.3, 0.4) is 0 Å². The molecule has 0 aliphatic heterocycles. The van der Waals surface area contributed by atoms with Crippen LogP contribution in [0, 0.1) is 17.1 Å². The standard InChI is InChI=1S/C11H7FN2/c12-10-1-3-11(4-2-10)14-6-5-9(7-13)8-14/h1-6,8H. The van der Waals surface area contributed by atoms with E-state index < -0.39 is 0 Å². The Morgan fingerprint density at radius 2 is 1.86 bits per heavy atom. The maximum absolute atomic E-state index is 12.6. The summed E-state index contributed by atoms with van der Waals surface area (Å²) in [5.74, 6) is -0.263. The normalized spacial score (nSPS) is 9.71. The van der Waals surface area contributed by atoms with Crippen molar-refractivity contribution in [2.75, 3.05) is 0 Å². The van der Waals surface area contributed by atoms with Gasteiger partial charge in [0.1, 0.15) is 11.9 Å². The van der Waals surface area contributed by atoms with Crippen LogP contribution in [-0.4, -0.2) is 4.57 Å². The van der Waals surface area contributed by atoms with Gasteiger partial charge in [-0.3, -0.25) is 0 Å². The number of benzene rings is 1. The first-order valence-corrected chi connectivity index (χ1v) is 4.13. The highest BCUT2D eigenvalue weighted by Gasteiger charge is 1.98. The zero-order valence-electron chi connectivity index (χ0n) is 7.31. The second kappa shape index (κ2) is 3.35. The van der Waals surface area contributed by atoms with Crippen LogP contribution in [-0.2, 0) is 0 Å². The second-order valence-corrected chi connectivity index (χ2v) is 2.90. The van der Waals surface area contributed by atoms with Crippen LogP contribution in [0.2, 0.25) is 0 Å². The molecule has 0 spiro atoms. The number of hydrogen-bond acceptors (Lipinski definition) is 1. The van der Waals surface area contributed by atoms with Gasteiger partial charge in [-0.25, -0.2) is 4.39 Å². The van der Waals surface area contributed by atoms with E-state index in [1.807, 2.05) is 6.07 Å². The molecule has 0 saturated carbocycles. The van der Waals surface area contributed by atoms with Gasteiger partial charge in [-0.15, -0.1) is 0 Å². The van der Waals surface area contributed by atoms with E-state index in [1.54, 1.807) is 35.2 Å². The zero-order valence-corrected chi connectivity index (χ0v) is 7.31. The molecule has 0 atom stereocenters. The SMILES string of the molecule is N#Cc1ccn(-c2ccc(F)cc2)c1. The summed E-state index contributed by atoms with van der Waals surface area (Å²) in [6.07, 6.45) is 3.47. The monoisotopic (exact) mass is 186 g/mol. The Kier molecular flexibility index (Phi) is 2.04. The van der Waals surface area contributed by atoms with Crippen molar-refractivity contribution in [2.45, 2.75) is 0 Å². The van der Waals surface area contributed by atoms with Crippen LogP contribution >= 0.6 is 0 Å². The van der Waals surface area contributed by atoms with Crippen LogP contribution in [0.15, 0.2) is 42.7 Å². The fourth-order valence-electron chi connectivity index (χ4n) is 1.24. The molecule has 1 aromatic carbocycles. The maximum atomic E-state index is 12.6. The highest BCUT2D eigenvalue weighted by Crippen LogP contribution is 2.10. The van der Waals surface area contributed by atoms with Crippen molar-refractivity contribution >= 4 is 0 Å². The van der Waals surface area contributed by atoms with E-state index >= 15 is 0 Å². The summed E-state index contributed by atoms with van der Waals surface area (Å²) in [7, 11) is 0. The highest BCUT2D eigenvalue weighted by atomic mass is 19.1.